The van der Waals surface area contributed by atoms with Gasteiger partial charge < -0.3 is 4.57 Å². The SMILES string of the molecule is CCn1c(CCC(C)c2cnc(Cl)s2)nc(=O)c(-c2cccc(-c3ccccc3)c2)c1I. The Labute approximate surface area is 210 Å². The van der Waals surface area contributed by atoms with Crippen LogP contribution in [0, 0.1) is 3.70 Å². The zero-order valence-electron chi connectivity index (χ0n) is 17.9. The standard InChI is InChI=1S/C25H23ClIN3OS/c1-3-30-21(13-12-16(2)20-15-28-25(26)32-20)29-24(31)22(23(30)27)19-11-7-10-18(14-19)17-8-5-4-6-9-17/h4-11,14-16H,3,12-13H2,1-2H3. The van der Waals surface area contributed by atoms with Gasteiger partial charge in [-0.3, -0.25) is 4.79 Å². The number of thiazole rings is 1. The Hall–Kier alpha value is -2.03. The number of aromatic nitrogens is 3. The normalized spacial score (nSPS) is 12.1. The van der Waals surface area contributed by atoms with E-state index in [4.69, 9.17) is 11.6 Å². The van der Waals surface area contributed by atoms with Crippen LogP contribution in [0.2, 0.25) is 4.47 Å². The molecular formula is C25H23ClIN3OS. The summed E-state index contributed by atoms with van der Waals surface area (Å²) in [7, 11) is 0. The topological polar surface area (TPSA) is 47.8 Å². The molecule has 0 N–H and O–H groups in total. The summed E-state index contributed by atoms with van der Waals surface area (Å²) in [4.78, 5) is 23.0. The molecule has 0 fully saturated rings. The second-order valence-corrected chi connectivity index (χ2v) is 10.3. The van der Waals surface area contributed by atoms with Gasteiger partial charge in [0.05, 0.1) is 9.26 Å². The van der Waals surface area contributed by atoms with Gasteiger partial charge >= 0.3 is 0 Å². The van der Waals surface area contributed by atoms with E-state index in [1.807, 2.05) is 36.5 Å². The van der Waals surface area contributed by atoms with Crippen LogP contribution in [-0.2, 0) is 13.0 Å². The Morgan fingerprint density at radius 3 is 2.50 bits per heavy atom. The first-order chi connectivity index (χ1) is 15.5. The Bertz CT molecular complexity index is 1290. The average Bonchev–Trinajstić information content (AvgIpc) is 3.24. The Morgan fingerprint density at radius 1 is 1.09 bits per heavy atom. The van der Waals surface area contributed by atoms with Crippen LogP contribution in [-0.4, -0.2) is 14.5 Å². The molecular weight excluding hydrogens is 553 g/mol. The number of benzene rings is 2. The summed E-state index contributed by atoms with van der Waals surface area (Å²) in [5, 5.41) is 0. The van der Waals surface area contributed by atoms with Gasteiger partial charge in [-0.2, -0.15) is 4.98 Å². The maximum atomic E-state index is 13.1. The minimum Gasteiger partial charge on any atom is -0.324 e. The first-order valence-corrected chi connectivity index (χ1v) is 12.8. The third-order valence-electron chi connectivity index (χ3n) is 5.56. The van der Waals surface area contributed by atoms with Crippen LogP contribution in [0.25, 0.3) is 22.3 Å². The van der Waals surface area contributed by atoms with Crippen LogP contribution in [0.1, 0.15) is 36.9 Å². The summed E-state index contributed by atoms with van der Waals surface area (Å²) in [5.41, 5.74) is 3.60. The van der Waals surface area contributed by atoms with Crippen molar-refractivity contribution in [1.29, 1.82) is 0 Å². The molecule has 1 atom stereocenters. The summed E-state index contributed by atoms with van der Waals surface area (Å²) >= 11 is 9.79. The van der Waals surface area contributed by atoms with Crippen LogP contribution in [0.4, 0.5) is 0 Å². The molecule has 4 nitrogen and oxygen atoms in total. The van der Waals surface area contributed by atoms with Crippen LogP contribution in [0.5, 0.6) is 0 Å². The summed E-state index contributed by atoms with van der Waals surface area (Å²) in [6, 6.07) is 18.3. The molecule has 0 spiro atoms. The van der Waals surface area contributed by atoms with Crippen molar-refractivity contribution in [3.05, 3.63) is 90.0 Å². The van der Waals surface area contributed by atoms with E-state index in [9.17, 15) is 4.79 Å². The average molecular weight is 576 g/mol. The van der Waals surface area contributed by atoms with Crippen molar-refractivity contribution in [3.63, 3.8) is 0 Å². The molecule has 0 amide bonds. The van der Waals surface area contributed by atoms with Crippen molar-refractivity contribution in [3.8, 4) is 22.3 Å². The number of halogens is 2. The Balaban J connectivity index is 1.66. The van der Waals surface area contributed by atoms with E-state index in [1.54, 1.807) is 0 Å². The minimum absolute atomic E-state index is 0.173. The zero-order valence-corrected chi connectivity index (χ0v) is 21.6. The van der Waals surface area contributed by atoms with E-state index < -0.39 is 0 Å². The van der Waals surface area contributed by atoms with E-state index in [-0.39, 0.29) is 5.56 Å². The summed E-state index contributed by atoms with van der Waals surface area (Å²) in [6.45, 7) is 5.01. The van der Waals surface area contributed by atoms with Crippen LogP contribution >= 0.6 is 45.5 Å². The molecule has 0 radical (unpaired) electrons. The highest BCUT2D eigenvalue weighted by atomic mass is 127. The van der Waals surface area contributed by atoms with Gasteiger partial charge in [0, 0.05) is 24.0 Å². The van der Waals surface area contributed by atoms with Gasteiger partial charge in [-0.25, -0.2) is 4.98 Å². The van der Waals surface area contributed by atoms with E-state index in [0.717, 1.165) is 50.5 Å². The van der Waals surface area contributed by atoms with E-state index in [1.165, 1.54) is 11.3 Å². The van der Waals surface area contributed by atoms with Gasteiger partial charge in [-0.05, 0) is 64.6 Å². The van der Waals surface area contributed by atoms with Crippen LogP contribution in [0.3, 0.4) is 0 Å². The molecule has 0 aliphatic carbocycles. The van der Waals surface area contributed by atoms with Crippen molar-refractivity contribution in [2.45, 2.75) is 39.2 Å². The summed E-state index contributed by atoms with van der Waals surface area (Å²) in [5.74, 6) is 1.13. The lowest BCUT2D eigenvalue weighted by Gasteiger charge is -2.17. The lowest BCUT2D eigenvalue weighted by atomic mass is 10.0. The molecule has 4 rings (SSSR count). The number of hydrogen-bond acceptors (Lipinski definition) is 4. The zero-order chi connectivity index (χ0) is 22.7. The molecule has 1 unspecified atom stereocenters. The van der Waals surface area contributed by atoms with Gasteiger partial charge in [0.15, 0.2) is 4.47 Å². The van der Waals surface area contributed by atoms with Gasteiger partial charge in [-0.1, -0.05) is 67.1 Å². The lowest BCUT2D eigenvalue weighted by Crippen LogP contribution is -2.23. The van der Waals surface area contributed by atoms with E-state index in [2.05, 4.69) is 75.2 Å². The predicted octanol–water partition coefficient (Wildman–Crippen LogP) is 7.05. The van der Waals surface area contributed by atoms with Crippen LogP contribution in [0.15, 0.2) is 65.6 Å². The van der Waals surface area contributed by atoms with Crippen molar-refractivity contribution >= 4 is 45.5 Å². The molecule has 7 heteroatoms. The highest BCUT2D eigenvalue weighted by Crippen LogP contribution is 2.30. The fourth-order valence-corrected chi connectivity index (χ4v) is 5.99. The lowest BCUT2D eigenvalue weighted by molar-refractivity contribution is 0.597. The van der Waals surface area contributed by atoms with Crippen molar-refractivity contribution < 1.29 is 0 Å². The summed E-state index contributed by atoms with van der Waals surface area (Å²) < 4.78 is 3.64. The maximum absolute atomic E-state index is 13.1. The second kappa shape index (κ2) is 10.3. The number of aryl methyl sites for hydroxylation is 1. The first-order valence-electron chi connectivity index (χ1n) is 10.5. The molecule has 32 heavy (non-hydrogen) atoms. The maximum Gasteiger partial charge on any atom is 0.281 e. The van der Waals surface area contributed by atoms with Gasteiger partial charge in [-0.15, -0.1) is 11.3 Å². The molecule has 0 aliphatic rings. The highest BCUT2D eigenvalue weighted by Gasteiger charge is 2.18. The number of hydrogen-bond donors (Lipinski definition) is 0. The largest absolute Gasteiger partial charge is 0.324 e. The predicted molar refractivity (Wildman–Crippen MR) is 142 cm³/mol. The second-order valence-electron chi connectivity index (χ2n) is 7.65. The number of rotatable bonds is 7. The highest BCUT2D eigenvalue weighted by molar-refractivity contribution is 14.1. The van der Waals surface area contributed by atoms with Gasteiger partial charge in [0.25, 0.3) is 5.56 Å². The van der Waals surface area contributed by atoms with E-state index >= 15 is 0 Å². The summed E-state index contributed by atoms with van der Waals surface area (Å²) in [6.07, 6.45) is 3.44. The molecule has 0 aliphatic heterocycles. The third kappa shape index (κ3) is 4.97. The first kappa shape index (κ1) is 23.1. The monoisotopic (exact) mass is 575 g/mol. The third-order valence-corrected chi connectivity index (χ3v) is 8.02. The molecule has 0 saturated heterocycles. The molecule has 164 valence electrons. The van der Waals surface area contributed by atoms with Crippen LogP contribution < -0.4 is 5.56 Å². The van der Waals surface area contributed by atoms with Crippen molar-refractivity contribution in [2.75, 3.05) is 0 Å². The fourth-order valence-electron chi connectivity index (χ4n) is 3.79. The fraction of sp³-hybridized carbons (Fsp3) is 0.240. The number of nitrogens with zero attached hydrogens (tertiary/aromatic N) is 3. The Morgan fingerprint density at radius 2 is 1.81 bits per heavy atom. The van der Waals surface area contributed by atoms with Gasteiger partial charge in [0.2, 0.25) is 0 Å². The molecule has 0 bridgehead atoms. The molecule has 0 saturated carbocycles. The quantitative estimate of drug-likeness (QED) is 0.175. The molecule has 2 aromatic heterocycles. The van der Waals surface area contributed by atoms with E-state index in [0.29, 0.717) is 15.9 Å². The molecule has 4 aromatic rings. The molecule has 2 heterocycles. The van der Waals surface area contributed by atoms with Crippen molar-refractivity contribution in [1.82, 2.24) is 14.5 Å². The Kier molecular flexibility index (Phi) is 7.43. The van der Waals surface area contributed by atoms with Gasteiger partial charge in [0.1, 0.15) is 5.82 Å². The molecule has 2 aromatic carbocycles. The minimum atomic E-state index is -0.173. The smallest absolute Gasteiger partial charge is 0.281 e. The van der Waals surface area contributed by atoms with Crippen molar-refractivity contribution in [2.24, 2.45) is 0 Å².